The average molecular weight is 261 g/mol. The number of hydrogen-bond acceptors (Lipinski definition) is 3. The van der Waals surface area contributed by atoms with Gasteiger partial charge in [-0.15, -0.1) is 0 Å². The Morgan fingerprint density at radius 3 is 2.89 bits per heavy atom. The summed E-state index contributed by atoms with van der Waals surface area (Å²) in [5, 5.41) is 3.03. The Morgan fingerprint density at radius 2 is 2.21 bits per heavy atom. The predicted molar refractivity (Wildman–Crippen MR) is 76.5 cm³/mol. The molecule has 2 unspecified atom stereocenters. The fraction of sp³-hybridized carbons (Fsp3) is 0.533. The van der Waals surface area contributed by atoms with Crippen molar-refractivity contribution < 1.29 is 4.79 Å². The van der Waals surface area contributed by atoms with Gasteiger partial charge in [-0.3, -0.25) is 9.69 Å². The number of carbonyl (C=O) groups is 1. The van der Waals surface area contributed by atoms with Crippen molar-refractivity contribution in [1.29, 1.82) is 0 Å². The van der Waals surface area contributed by atoms with E-state index < -0.39 is 6.04 Å². The van der Waals surface area contributed by atoms with Crippen molar-refractivity contribution in [3.8, 4) is 0 Å². The third-order valence-corrected chi connectivity index (χ3v) is 3.51. The van der Waals surface area contributed by atoms with Crippen molar-refractivity contribution in [2.45, 2.75) is 38.4 Å². The van der Waals surface area contributed by atoms with E-state index in [2.05, 4.69) is 34.5 Å². The van der Waals surface area contributed by atoms with E-state index in [1.165, 1.54) is 5.56 Å². The molecule has 0 radical (unpaired) electrons. The van der Waals surface area contributed by atoms with Crippen LogP contribution in [0, 0.1) is 0 Å². The lowest BCUT2D eigenvalue weighted by Crippen LogP contribution is -2.51. The highest BCUT2D eigenvalue weighted by molar-refractivity contribution is 5.81. The minimum Gasteiger partial charge on any atom is -0.351 e. The number of carbonyl (C=O) groups excluding carboxylic acids is 1. The van der Waals surface area contributed by atoms with E-state index >= 15 is 0 Å². The van der Waals surface area contributed by atoms with Crippen LogP contribution in [0.4, 0.5) is 0 Å². The maximum Gasteiger partial charge on any atom is 0.236 e. The van der Waals surface area contributed by atoms with E-state index in [0.29, 0.717) is 0 Å². The molecule has 0 saturated carbocycles. The normalized spacial score (nSPS) is 21.9. The van der Waals surface area contributed by atoms with E-state index in [1.54, 1.807) is 6.92 Å². The molecular weight excluding hydrogens is 238 g/mol. The fourth-order valence-corrected chi connectivity index (χ4v) is 2.49. The molecular formula is C15H23N3O. The molecule has 2 atom stereocenters. The summed E-state index contributed by atoms with van der Waals surface area (Å²) < 4.78 is 0. The Bertz CT molecular complexity index is 405. The molecule has 1 heterocycles. The smallest absolute Gasteiger partial charge is 0.236 e. The highest BCUT2D eigenvalue weighted by atomic mass is 16.2. The van der Waals surface area contributed by atoms with Crippen LogP contribution in [0.3, 0.4) is 0 Å². The highest BCUT2D eigenvalue weighted by Crippen LogP contribution is 2.13. The topological polar surface area (TPSA) is 58.4 Å². The molecule has 1 aromatic rings. The van der Waals surface area contributed by atoms with Gasteiger partial charge in [-0.1, -0.05) is 30.3 Å². The summed E-state index contributed by atoms with van der Waals surface area (Å²) in [6.07, 6.45) is 2.17. The molecule has 2 rings (SSSR count). The molecule has 104 valence electrons. The van der Waals surface area contributed by atoms with Crippen molar-refractivity contribution in [2.75, 3.05) is 13.1 Å². The van der Waals surface area contributed by atoms with Crippen LogP contribution in [-0.4, -0.2) is 36.0 Å². The molecule has 1 amide bonds. The second-order valence-corrected chi connectivity index (χ2v) is 5.36. The molecule has 1 aliphatic rings. The number of nitrogens with zero attached hydrogens (tertiary/aromatic N) is 1. The number of hydrogen-bond donors (Lipinski definition) is 2. The minimum atomic E-state index is -0.426. The molecule has 0 spiro atoms. The molecule has 4 heteroatoms. The maximum atomic E-state index is 11.6. The lowest BCUT2D eigenvalue weighted by Gasteiger charge is -2.33. The summed E-state index contributed by atoms with van der Waals surface area (Å²) in [6, 6.07) is 10.3. The van der Waals surface area contributed by atoms with Crippen LogP contribution < -0.4 is 11.1 Å². The van der Waals surface area contributed by atoms with Gasteiger partial charge < -0.3 is 11.1 Å². The zero-order valence-electron chi connectivity index (χ0n) is 11.5. The van der Waals surface area contributed by atoms with E-state index in [0.717, 1.165) is 32.5 Å². The number of rotatable bonds is 4. The maximum absolute atomic E-state index is 11.6. The lowest BCUT2D eigenvalue weighted by atomic mass is 10.0. The van der Waals surface area contributed by atoms with Crippen LogP contribution in [0.25, 0.3) is 0 Å². The zero-order valence-corrected chi connectivity index (χ0v) is 11.5. The van der Waals surface area contributed by atoms with Crippen molar-refractivity contribution in [1.82, 2.24) is 10.2 Å². The molecule has 1 saturated heterocycles. The summed E-state index contributed by atoms with van der Waals surface area (Å²) in [4.78, 5) is 14.0. The van der Waals surface area contributed by atoms with Crippen molar-refractivity contribution in [3.63, 3.8) is 0 Å². The quantitative estimate of drug-likeness (QED) is 0.854. The number of amides is 1. The second kappa shape index (κ2) is 6.68. The third kappa shape index (κ3) is 4.33. The van der Waals surface area contributed by atoms with Gasteiger partial charge in [0.05, 0.1) is 6.04 Å². The Morgan fingerprint density at radius 1 is 1.47 bits per heavy atom. The summed E-state index contributed by atoms with van der Waals surface area (Å²) in [7, 11) is 0. The molecule has 1 fully saturated rings. The van der Waals surface area contributed by atoms with Crippen LogP contribution in [0.5, 0.6) is 0 Å². The van der Waals surface area contributed by atoms with Gasteiger partial charge in [0.1, 0.15) is 0 Å². The fourth-order valence-electron chi connectivity index (χ4n) is 2.49. The molecule has 0 aliphatic carbocycles. The van der Waals surface area contributed by atoms with Crippen molar-refractivity contribution >= 4 is 5.91 Å². The summed E-state index contributed by atoms with van der Waals surface area (Å²) >= 11 is 0. The Kier molecular flexibility index (Phi) is 4.93. The monoisotopic (exact) mass is 261 g/mol. The van der Waals surface area contributed by atoms with Gasteiger partial charge in [0, 0.05) is 19.1 Å². The van der Waals surface area contributed by atoms with Crippen LogP contribution in [0.15, 0.2) is 30.3 Å². The van der Waals surface area contributed by atoms with Gasteiger partial charge in [-0.25, -0.2) is 0 Å². The third-order valence-electron chi connectivity index (χ3n) is 3.51. The minimum absolute atomic E-state index is 0.0495. The summed E-state index contributed by atoms with van der Waals surface area (Å²) in [5.41, 5.74) is 6.91. The largest absolute Gasteiger partial charge is 0.351 e. The predicted octanol–water partition coefficient (Wildman–Crippen LogP) is 1.11. The first-order valence-corrected chi connectivity index (χ1v) is 6.97. The SMILES string of the molecule is CC(N)C(=O)NC1CCCN(Cc2ccccc2)C1. The van der Waals surface area contributed by atoms with Crippen LogP contribution in [0.2, 0.25) is 0 Å². The van der Waals surface area contributed by atoms with Gasteiger partial charge in [0.25, 0.3) is 0 Å². The Balaban J connectivity index is 1.85. The lowest BCUT2D eigenvalue weighted by molar-refractivity contribution is -0.123. The Hall–Kier alpha value is -1.39. The second-order valence-electron chi connectivity index (χ2n) is 5.36. The number of piperidine rings is 1. The first-order chi connectivity index (χ1) is 9.15. The van der Waals surface area contributed by atoms with E-state index in [4.69, 9.17) is 5.73 Å². The molecule has 1 aliphatic heterocycles. The van der Waals surface area contributed by atoms with Gasteiger partial charge in [0.15, 0.2) is 0 Å². The van der Waals surface area contributed by atoms with Crippen LogP contribution >= 0.6 is 0 Å². The molecule has 0 aromatic heterocycles. The molecule has 1 aromatic carbocycles. The average Bonchev–Trinajstić information content (AvgIpc) is 2.40. The number of nitrogens with two attached hydrogens (primary N) is 1. The first kappa shape index (κ1) is 14.0. The highest BCUT2D eigenvalue weighted by Gasteiger charge is 2.22. The number of benzene rings is 1. The number of likely N-dealkylation sites (tertiary alicyclic amines) is 1. The van der Waals surface area contributed by atoms with E-state index in [-0.39, 0.29) is 11.9 Å². The molecule has 4 nitrogen and oxygen atoms in total. The van der Waals surface area contributed by atoms with Gasteiger partial charge in [-0.05, 0) is 31.9 Å². The van der Waals surface area contributed by atoms with Gasteiger partial charge in [0.2, 0.25) is 5.91 Å². The van der Waals surface area contributed by atoms with E-state index in [1.807, 2.05) is 6.07 Å². The molecule has 19 heavy (non-hydrogen) atoms. The van der Waals surface area contributed by atoms with Crippen LogP contribution in [-0.2, 0) is 11.3 Å². The summed E-state index contributed by atoms with van der Waals surface area (Å²) in [6.45, 7) is 4.68. The van der Waals surface area contributed by atoms with Gasteiger partial charge in [-0.2, -0.15) is 0 Å². The Labute approximate surface area is 115 Å². The van der Waals surface area contributed by atoms with Crippen LogP contribution in [0.1, 0.15) is 25.3 Å². The first-order valence-electron chi connectivity index (χ1n) is 6.97. The molecule has 0 bridgehead atoms. The van der Waals surface area contributed by atoms with Crippen molar-refractivity contribution in [2.24, 2.45) is 5.73 Å². The summed E-state index contributed by atoms with van der Waals surface area (Å²) in [5.74, 6) is -0.0495. The zero-order chi connectivity index (χ0) is 13.7. The van der Waals surface area contributed by atoms with E-state index in [9.17, 15) is 4.79 Å². The standard InChI is InChI=1S/C15H23N3O/c1-12(16)15(19)17-14-8-5-9-18(11-14)10-13-6-3-2-4-7-13/h2-4,6-7,12,14H,5,8-11,16H2,1H3,(H,17,19). The number of nitrogens with one attached hydrogen (secondary N) is 1. The molecule has 3 N–H and O–H groups in total. The van der Waals surface area contributed by atoms with Gasteiger partial charge >= 0.3 is 0 Å². The van der Waals surface area contributed by atoms with Crippen molar-refractivity contribution in [3.05, 3.63) is 35.9 Å².